The molecule has 0 fully saturated rings. The summed E-state index contributed by atoms with van der Waals surface area (Å²) in [7, 11) is 4.00. The van der Waals surface area contributed by atoms with Gasteiger partial charge in [-0.3, -0.25) is 4.79 Å². The Morgan fingerprint density at radius 3 is 2.65 bits per heavy atom. The first-order chi connectivity index (χ1) is 7.99. The largest absolute Gasteiger partial charge is 0.426 e. The summed E-state index contributed by atoms with van der Waals surface area (Å²) in [5, 5.41) is 0. The average Bonchev–Trinajstić information content (AvgIpc) is 2.54. The maximum Gasteiger partial charge on any atom is 0.308 e. The molecule has 0 aromatic heterocycles. The molecule has 0 amide bonds. The Hall–Kier alpha value is -1.77. The molecule has 1 aliphatic carbocycles. The summed E-state index contributed by atoms with van der Waals surface area (Å²) in [6.45, 7) is 3.45. The molecule has 2 rings (SSSR count). The molecule has 0 bridgehead atoms. The van der Waals surface area contributed by atoms with Crippen LogP contribution in [0.4, 0.5) is 5.69 Å². The van der Waals surface area contributed by atoms with Crippen molar-refractivity contribution in [3.8, 4) is 0 Å². The van der Waals surface area contributed by atoms with Gasteiger partial charge in [0.05, 0.1) is 0 Å². The predicted octanol–water partition coefficient (Wildman–Crippen LogP) is 2.60. The molecular formula is C14H17NO2. The molecule has 1 aromatic carbocycles. The third-order valence-electron chi connectivity index (χ3n) is 2.94. The van der Waals surface area contributed by atoms with Crippen molar-refractivity contribution in [2.45, 2.75) is 20.3 Å². The molecule has 0 saturated carbocycles. The van der Waals surface area contributed by atoms with Crippen molar-refractivity contribution in [2.24, 2.45) is 0 Å². The zero-order valence-electron chi connectivity index (χ0n) is 10.7. The Labute approximate surface area is 102 Å². The van der Waals surface area contributed by atoms with Crippen LogP contribution in [0.25, 0.3) is 5.76 Å². The fourth-order valence-electron chi connectivity index (χ4n) is 2.09. The second-order valence-electron chi connectivity index (χ2n) is 4.62. The van der Waals surface area contributed by atoms with Gasteiger partial charge in [0, 0.05) is 32.3 Å². The monoisotopic (exact) mass is 231 g/mol. The van der Waals surface area contributed by atoms with Gasteiger partial charge in [0.2, 0.25) is 0 Å². The number of allylic oxidation sites excluding steroid dienone is 1. The van der Waals surface area contributed by atoms with Crippen LogP contribution in [0.1, 0.15) is 25.0 Å². The maximum absolute atomic E-state index is 11.1. The van der Waals surface area contributed by atoms with E-state index >= 15 is 0 Å². The van der Waals surface area contributed by atoms with E-state index in [0.717, 1.165) is 29.0 Å². The first-order valence-electron chi connectivity index (χ1n) is 5.68. The molecule has 0 aliphatic heterocycles. The number of nitrogens with zero attached hydrogens (tertiary/aromatic N) is 1. The van der Waals surface area contributed by atoms with Gasteiger partial charge in [-0.05, 0) is 36.6 Å². The number of benzene rings is 1. The van der Waals surface area contributed by atoms with Crippen LogP contribution >= 0.6 is 0 Å². The molecule has 90 valence electrons. The second-order valence-corrected chi connectivity index (χ2v) is 4.62. The fraction of sp³-hybridized carbons (Fsp3) is 0.357. The first kappa shape index (κ1) is 11.7. The molecule has 0 saturated heterocycles. The van der Waals surface area contributed by atoms with Crippen molar-refractivity contribution < 1.29 is 9.53 Å². The van der Waals surface area contributed by atoms with Crippen LogP contribution in [0.5, 0.6) is 0 Å². The Kier molecular flexibility index (Phi) is 2.92. The van der Waals surface area contributed by atoms with Crippen LogP contribution in [0, 0.1) is 0 Å². The highest BCUT2D eigenvalue weighted by atomic mass is 16.5. The molecule has 17 heavy (non-hydrogen) atoms. The van der Waals surface area contributed by atoms with Crippen LogP contribution in [0.3, 0.4) is 0 Å². The van der Waals surface area contributed by atoms with Gasteiger partial charge >= 0.3 is 5.97 Å². The van der Waals surface area contributed by atoms with E-state index in [1.165, 1.54) is 12.5 Å². The number of carbonyl (C=O) groups excluding carboxylic acids is 1. The summed E-state index contributed by atoms with van der Waals surface area (Å²) in [5.74, 6) is 0.471. The highest BCUT2D eigenvalue weighted by Gasteiger charge is 2.22. The van der Waals surface area contributed by atoms with Gasteiger partial charge in [-0.2, -0.15) is 0 Å². The van der Waals surface area contributed by atoms with Gasteiger partial charge in [-0.25, -0.2) is 0 Å². The average molecular weight is 231 g/mol. The molecule has 0 atom stereocenters. The fourth-order valence-corrected chi connectivity index (χ4v) is 2.09. The van der Waals surface area contributed by atoms with Crippen molar-refractivity contribution in [2.75, 3.05) is 19.0 Å². The molecule has 3 heteroatoms. The highest BCUT2D eigenvalue weighted by molar-refractivity contribution is 5.82. The van der Waals surface area contributed by atoms with E-state index in [1.54, 1.807) is 0 Å². The standard InChI is InChI=1S/C14H17NO2/c1-9-7-11-5-6-12(15(3)4)8-13(11)14(9)17-10(2)16/h5-6,8H,7H2,1-4H3. The van der Waals surface area contributed by atoms with Crippen LogP contribution in [-0.4, -0.2) is 20.1 Å². The van der Waals surface area contributed by atoms with Crippen molar-refractivity contribution in [3.63, 3.8) is 0 Å². The smallest absolute Gasteiger partial charge is 0.308 e. The van der Waals surface area contributed by atoms with Gasteiger partial charge in [0.1, 0.15) is 5.76 Å². The number of esters is 1. The Balaban J connectivity index is 2.43. The molecule has 0 N–H and O–H groups in total. The van der Waals surface area contributed by atoms with E-state index in [1.807, 2.05) is 25.9 Å². The first-order valence-corrected chi connectivity index (χ1v) is 5.68. The van der Waals surface area contributed by atoms with E-state index in [4.69, 9.17) is 4.74 Å². The van der Waals surface area contributed by atoms with Crippen LogP contribution in [-0.2, 0) is 16.0 Å². The summed E-state index contributed by atoms with van der Waals surface area (Å²) in [5.41, 5.74) is 4.50. The minimum atomic E-state index is -0.262. The molecule has 3 nitrogen and oxygen atoms in total. The van der Waals surface area contributed by atoms with Gasteiger partial charge in [-0.1, -0.05) is 6.07 Å². The van der Waals surface area contributed by atoms with Gasteiger partial charge in [-0.15, -0.1) is 0 Å². The topological polar surface area (TPSA) is 29.5 Å². The maximum atomic E-state index is 11.1. The Morgan fingerprint density at radius 2 is 2.06 bits per heavy atom. The molecule has 0 radical (unpaired) electrons. The molecular weight excluding hydrogens is 214 g/mol. The highest BCUT2D eigenvalue weighted by Crippen LogP contribution is 2.35. The van der Waals surface area contributed by atoms with E-state index in [9.17, 15) is 4.79 Å². The molecule has 0 heterocycles. The minimum absolute atomic E-state index is 0.262. The quantitative estimate of drug-likeness (QED) is 0.733. The summed E-state index contributed by atoms with van der Waals surface area (Å²) in [6, 6.07) is 6.26. The summed E-state index contributed by atoms with van der Waals surface area (Å²) in [6.07, 6.45) is 0.867. The summed E-state index contributed by atoms with van der Waals surface area (Å²) < 4.78 is 5.31. The number of hydrogen-bond donors (Lipinski definition) is 0. The van der Waals surface area contributed by atoms with Gasteiger partial charge in [0.15, 0.2) is 0 Å². The van der Waals surface area contributed by atoms with E-state index in [-0.39, 0.29) is 5.97 Å². The van der Waals surface area contributed by atoms with Gasteiger partial charge < -0.3 is 9.64 Å². The molecule has 0 unspecified atom stereocenters. The van der Waals surface area contributed by atoms with E-state index in [0.29, 0.717) is 0 Å². The van der Waals surface area contributed by atoms with Crippen molar-refractivity contribution in [3.05, 3.63) is 34.9 Å². The van der Waals surface area contributed by atoms with Gasteiger partial charge in [0.25, 0.3) is 0 Å². The SMILES string of the molecule is CC(=O)OC1=C(C)Cc2ccc(N(C)C)cc21. The zero-order chi connectivity index (χ0) is 12.6. The van der Waals surface area contributed by atoms with Crippen LogP contribution in [0.2, 0.25) is 0 Å². The van der Waals surface area contributed by atoms with Crippen molar-refractivity contribution in [1.82, 2.24) is 0 Å². The number of hydrogen-bond acceptors (Lipinski definition) is 3. The number of anilines is 1. The number of carbonyl (C=O) groups is 1. The lowest BCUT2D eigenvalue weighted by molar-refractivity contribution is -0.134. The lowest BCUT2D eigenvalue weighted by Gasteiger charge is -2.14. The van der Waals surface area contributed by atoms with E-state index in [2.05, 4.69) is 18.2 Å². The lowest BCUT2D eigenvalue weighted by Crippen LogP contribution is -2.09. The van der Waals surface area contributed by atoms with Crippen molar-refractivity contribution >= 4 is 17.4 Å². The second kappa shape index (κ2) is 4.24. The third-order valence-corrected chi connectivity index (χ3v) is 2.94. The normalized spacial score (nSPS) is 13.6. The predicted molar refractivity (Wildman–Crippen MR) is 68.8 cm³/mol. The van der Waals surface area contributed by atoms with Crippen molar-refractivity contribution in [1.29, 1.82) is 0 Å². The van der Waals surface area contributed by atoms with Crippen LogP contribution < -0.4 is 4.90 Å². The number of rotatable bonds is 2. The third kappa shape index (κ3) is 2.18. The summed E-state index contributed by atoms with van der Waals surface area (Å²) in [4.78, 5) is 13.1. The van der Waals surface area contributed by atoms with E-state index < -0.39 is 0 Å². The molecule has 0 spiro atoms. The minimum Gasteiger partial charge on any atom is -0.426 e. The summed E-state index contributed by atoms with van der Waals surface area (Å²) >= 11 is 0. The van der Waals surface area contributed by atoms with Crippen LogP contribution in [0.15, 0.2) is 23.8 Å². The number of ether oxygens (including phenoxy) is 1. The Bertz CT molecular complexity index is 501. The molecule has 1 aliphatic rings. The lowest BCUT2D eigenvalue weighted by atomic mass is 10.1. The number of fused-ring (bicyclic) bond motifs is 1. The molecule has 1 aromatic rings. The Morgan fingerprint density at radius 1 is 1.35 bits per heavy atom. The zero-order valence-corrected chi connectivity index (χ0v) is 10.7.